The van der Waals surface area contributed by atoms with Crippen LogP contribution in [0.5, 0.6) is 0 Å². The predicted octanol–water partition coefficient (Wildman–Crippen LogP) is 4.62. The molecule has 2 N–H and O–H groups in total. The fourth-order valence-electron chi connectivity index (χ4n) is 3.01. The van der Waals surface area contributed by atoms with E-state index in [0.29, 0.717) is 38.7 Å². The zero-order chi connectivity index (χ0) is 19.8. The van der Waals surface area contributed by atoms with E-state index in [0.717, 1.165) is 24.2 Å². The van der Waals surface area contributed by atoms with Crippen LogP contribution >= 0.6 is 11.3 Å². The molecule has 1 aromatic carbocycles. The van der Waals surface area contributed by atoms with E-state index in [4.69, 9.17) is 0 Å². The number of pyridine rings is 1. The molecule has 142 valence electrons. The van der Waals surface area contributed by atoms with Gasteiger partial charge in [0, 0.05) is 23.2 Å². The Morgan fingerprint density at radius 2 is 2.14 bits per heavy atom. The average Bonchev–Trinajstić information content (AvgIpc) is 3.35. The van der Waals surface area contributed by atoms with E-state index in [9.17, 15) is 9.65 Å². The molecule has 0 aliphatic heterocycles. The van der Waals surface area contributed by atoms with Crippen LogP contribution in [0.4, 0.5) is 15.5 Å². The van der Waals surface area contributed by atoms with Crippen LogP contribution in [0.3, 0.4) is 0 Å². The van der Waals surface area contributed by atoms with Crippen molar-refractivity contribution < 1.29 is 4.39 Å². The van der Waals surface area contributed by atoms with E-state index in [1.165, 1.54) is 23.7 Å². The van der Waals surface area contributed by atoms with Gasteiger partial charge >= 0.3 is 0 Å². The van der Waals surface area contributed by atoms with Crippen molar-refractivity contribution in [2.45, 2.75) is 18.8 Å². The molecule has 1 saturated carbocycles. The maximum absolute atomic E-state index is 14.5. The SMILES string of the molecule is N#Cc1cccc(-c2nc(Nc3n[nH]c(C4CC4)n3)sc2-c2ccncc2F)c1. The molecule has 3 aromatic heterocycles. The fraction of sp³-hybridized carbons (Fsp3) is 0.150. The lowest BCUT2D eigenvalue weighted by molar-refractivity contribution is 0.625. The highest BCUT2D eigenvalue weighted by Crippen LogP contribution is 2.41. The highest BCUT2D eigenvalue weighted by Gasteiger charge is 2.27. The summed E-state index contributed by atoms with van der Waals surface area (Å²) in [5.41, 5.74) is 2.22. The third-order valence-corrected chi connectivity index (χ3v) is 5.60. The first-order valence-corrected chi connectivity index (χ1v) is 9.83. The van der Waals surface area contributed by atoms with Gasteiger partial charge in [-0.1, -0.05) is 23.5 Å². The molecule has 0 bridgehead atoms. The van der Waals surface area contributed by atoms with Gasteiger partial charge in [0.05, 0.1) is 28.4 Å². The van der Waals surface area contributed by atoms with Gasteiger partial charge in [-0.3, -0.25) is 15.4 Å². The number of thiazole rings is 1. The number of anilines is 2. The van der Waals surface area contributed by atoms with Crippen molar-refractivity contribution in [2.75, 3.05) is 5.32 Å². The minimum atomic E-state index is -0.436. The highest BCUT2D eigenvalue weighted by molar-refractivity contribution is 7.19. The molecule has 1 fully saturated rings. The van der Waals surface area contributed by atoms with Crippen molar-refractivity contribution in [3.8, 4) is 27.8 Å². The summed E-state index contributed by atoms with van der Waals surface area (Å²) in [6.07, 6.45) is 4.96. The van der Waals surface area contributed by atoms with Gasteiger partial charge in [-0.2, -0.15) is 10.2 Å². The number of halogens is 1. The van der Waals surface area contributed by atoms with E-state index < -0.39 is 5.82 Å². The number of rotatable bonds is 5. The Morgan fingerprint density at radius 1 is 1.24 bits per heavy atom. The Hall–Kier alpha value is -3.64. The van der Waals surface area contributed by atoms with Gasteiger partial charge < -0.3 is 0 Å². The van der Waals surface area contributed by atoms with Crippen LogP contribution in [0.2, 0.25) is 0 Å². The molecule has 0 atom stereocenters. The van der Waals surface area contributed by atoms with Crippen LogP contribution in [0.1, 0.15) is 30.1 Å². The Labute approximate surface area is 169 Å². The quantitative estimate of drug-likeness (QED) is 0.504. The zero-order valence-corrected chi connectivity index (χ0v) is 15.9. The smallest absolute Gasteiger partial charge is 0.248 e. The molecule has 3 heterocycles. The summed E-state index contributed by atoms with van der Waals surface area (Å²) >= 11 is 1.30. The van der Waals surface area contributed by atoms with Crippen molar-refractivity contribution in [1.29, 1.82) is 5.26 Å². The molecule has 0 unspecified atom stereocenters. The molecule has 4 aromatic rings. The number of nitrogens with one attached hydrogen (secondary N) is 2. The van der Waals surface area contributed by atoms with Crippen molar-refractivity contribution in [3.05, 3.63) is 59.9 Å². The maximum atomic E-state index is 14.5. The molecular formula is C20H14FN7S. The summed E-state index contributed by atoms with van der Waals surface area (Å²) in [6, 6.07) is 10.8. The summed E-state index contributed by atoms with van der Waals surface area (Å²) in [7, 11) is 0. The normalized spacial score (nSPS) is 13.2. The zero-order valence-electron chi connectivity index (χ0n) is 15.1. The lowest BCUT2D eigenvalue weighted by Crippen LogP contribution is -1.92. The van der Waals surface area contributed by atoms with Crippen LogP contribution in [0.25, 0.3) is 21.7 Å². The number of aromatic amines is 1. The molecule has 0 amide bonds. The number of nitriles is 1. The summed E-state index contributed by atoms with van der Waals surface area (Å²) in [6.45, 7) is 0. The Bertz CT molecular complexity index is 1240. The molecule has 9 heteroatoms. The fourth-order valence-corrected chi connectivity index (χ4v) is 4.02. The average molecular weight is 403 g/mol. The molecule has 1 aliphatic carbocycles. The van der Waals surface area contributed by atoms with Gasteiger partial charge in [0.1, 0.15) is 11.6 Å². The van der Waals surface area contributed by atoms with E-state index in [1.54, 1.807) is 24.3 Å². The molecule has 1 aliphatic rings. The van der Waals surface area contributed by atoms with Gasteiger partial charge in [-0.05, 0) is 31.0 Å². The first-order valence-electron chi connectivity index (χ1n) is 9.02. The lowest BCUT2D eigenvalue weighted by atomic mass is 10.1. The maximum Gasteiger partial charge on any atom is 0.248 e. The largest absolute Gasteiger partial charge is 0.299 e. The van der Waals surface area contributed by atoms with E-state index in [1.807, 2.05) is 6.07 Å². The minimum absolute atomic E-state index is 0.400. The Morgan fingerprint density at radius 3 is 2.93 bits per heavy atom. The van der Waals surface area contributed by atoms with Crippen molar-refractivity contribution in [2.24, 2.45) is 0 Å². The van der Waals surface area contributed by atoms with Crippen molar-refractivity contribution >= 4 is 22.4 Å². The van der Waals surface area contributed by atoms with Crippen LogP contribution < -0.4 is 5.32 Å². The summed E-state index contributed by atoms with van der Waals surface area (Å²) < 4.78 is 14.5. The first-order chi connectivity index (χ1) is 14.2. The topological polar surface area (TPSA) is 103 Å². The van der Waals surface area contributed by atoms with E-state index in [2.05, 4.69) is 36.5 Å². The highest BCUT2D eigenvalue weighted by atomic mass is 32.1. The number of benzene rings is 1. The molecule has 0 radical (unpaired) electrons. The Balaban J connectivity index is 1.57. The van der Waals surface area contributed by atoms with Gasteiger partial charge in [0.15, 0.2) is 5.13 Å². The van der Waals surface area contributed by atoms with Crippen molar-refractivity contribution in [3.63, 3.8) is 0 Å². The third kappa shape index (κ3) is 3.46. The lowest BCUT2D eigenvalue weighted by Gasteiger charge is -2.04. The number of hydrogen-bond donors (Lipinski definition) is 2. The summed E-state index contributed by atoms with van der Waals surface area (Å²) in [4.78, 5) is 13.6. The molecule has 5 rings (SSSR count). The molecule has 0 saturated heterocycles. The second kappa shape index (κ2) is 7.07. The van der Waals surface area contributed by atoms with Crippen LogP contribution in [-0.2, 0) is 0 Å². The predicted molar refractivity (Wildman–Crippen MR) is 107 cm³/mol. The summed E-state index contributed by atoms with van der Waals surface area (Å²) in [5.74, 6) is 1.32. The van der Waals surface area contributed by atoms with Gasteiger partial charge in [-0.25, -0.2) is 9.37 Å². The second-order valence-electron chi connectivity index (χ2n) is 6.69. The number of hydrogen-bond acceptors (Lipinski definition) is 7. The Kier molecular flexibility index (Phi) is 4.26. The number of H-pyrrole nitrogens is 1. The standard InChI is InChI=1S/C20H14FN7S/c21-15-10-23-7-6-14(15)17-16(13-3-1-2-11(8-13)9-22)24-20(29-17)26-19-25-18(27-28-19)12-4-5-12/h1-3,6-8,10,12H,4-5H2,(H2,24,25,26,27,28). The first kappa shape index (κ1) is 17.5. The molecule has 29 heavy (non-hydrogen) atoms. The van der Waals surface area contributed by atoms with Crippen LogP contribution in [0, 0.1) is 17.1 Å². The van der Waals surface area contributed by atoms with E-state index in [-0.39, 0.29) is 0 Å². The van der Waals surface area contributed by atoms with Crippen molar-refractivity contribution in [1.82, 2.24) is 25.1 Å². The molecular weight excluding hydrogens is 389 g/mol. The minimum Gasteiger partial charge on any atom is -0.299 e. The second-order valence-corrected chi connectivity index (χ2v) is 7.69. The van der Waals surface area contributed by atoms with Crippen LogP contribution in [-0.4, -0.2) is 25.1 Å². The summed E-state index contributed by atoms with van der Waals surface area (Å²) in [5, 5.41) is 20.0. The molecule has 7 nitrogen and oxygen atoms in total. The van der Waals surface area contributed by atoms with Gasteiger partial charge in [-0.15, -0.1) is 5.10 Å². The van der Waals surface area contributed by atoms with E-state index >= 15 is 0 Å². The van der Waals surface area contributed by atoms with Gasteiger partial charge in [0.25, 0.3) is 0 Å². The monoisotopic (exact) mass is 403 g/mol. The number of nitrogens with zero attached hydrogens (tertiary/aromatic N) is 5. The van der Waals surface area contributed by atoms with Gasteiger partial charge in [0.2, 0.25) is 5.95 Å². The third-order valence-electron chi connectivity index (χ3n) is 4.59. The molecule has 0 spiro atoms. The van der Waals surface area contributed by atoms with Crippen LogP contribution in [0.15, 0.2) is 42.7 Å². The number of aromatic nitrogens is 5.